The van der Waals surface area contributed by atoms with E-state index < -0.39 is 0 Å². The van der Waals surface area contributed by atoms with Crippen molar-refractivity contribution in [3.05, 3.63) is 70.5 Å². The lowest BCUT2D eigenvalue weighted by molar-refractivity contribution is -0.583. The lowest BCUT2D eigenvalue weighted by atomic mass is 10.0. The van der Waals surface area contributed by atoms with Crippen LogP contribution in [0.4, 0.5) is 0 Å². The van der Waals surface area contributed by atoms with Gasteiger partial charge in [0.05, 0.1) is 10.6 Å². The summed E-state index contributed by atoms with van der Waals surface area (Å²) >= 11 is 6.31. The van der Waals surface area contributed by atoms with Crippen LogP contribution in [0.1, 0.15) is 5.69 Å². The van der Waals surface area contributed by atoms with Gasteiger partial charge >= 0.3 is 0 Å². The third-order valence-corrected chi connectivity index (χ3v) is 3.56. The fraction of sp³-hybridized carbons (Fsp3) is 0.0625. The van der Waals surface area contributed by atoms with Gasteiger partial charge in [0.15, 0.2) is 5.69 Å². The average molecular weight is 270 g/mol. The first-order valence-electron chi connectivity index (χ1n) is 6.05. The quantitative estimate of drug-likeness (QED) is 0.483. The number of rotatable bonds is 1. The molecule has 94 valence electrons. The molecule has 1 aromatic heterocycles. The number of benzene rings is 2. The molecule has 0 radical (unpaired) electrons. The fourth-order valence-corrected chi connectivity index (χ4v) is 2.53. The minimum absolute atomic E-state index is 0.592. The Morgan fingerprint density at radius 2 is 1.63 bits per heavy atom. The molecule has 0 bridgehead atoms. The normalized spacial score (nSPS) is 10.8. The highest BCUT2D eigenvalue weighted by molar-refractivity contribution is 6.34. The van der Waals surface area contributed by atoms with E-state index in [0.717, 1.165) is 21.2 Å². The SMILES string of the molecule is Cc1ccc2ccc(Cl)c(-c3ccccc3)c2[n+]1[O-]. The van der Waals surface area contributed by atoms with E-state index in [0.29, 0.717) is 16.2 Å². The molecule has 3 rings (SSSR count). The molecule has 3 heteroatoms. The maximum atomic E-state index is 12.3. The molecular weight excluding hydrogens is 258 g/mol. The molecule has 0 fully saturated rings. The molecule has 2 aromatic carbocycles. The van der Waals surface area contributed by atoms with Crippen LogP contribution in [-0.4, -0.2) is 0 Å². The highest BCUT2D eigenvalue weighted by Gasteiger charge is 2.17. The Morgan fingerprint density at radius 3 is 2.37 bits per heavy atom. The Labute approximate surface area is 116 Å². The van der Waals surface area contributed by atoms with Crippen LogP contribution in [0.2, 0.25) is 5.02 Å². The van der Waals surface area contributed by atoms with Crippen molar-refractivity contribution >= 4 is 22.5 Å². The molecule has 0 atom stereocenters. The Balaban J connectivity index is 2.47. The molecule has 0 N–H and O–H groups in total. The third kappa shape index (κ3) is 1.94. The van der Waals surface area contributed by atoms with E-state index in [1.807, 2.05) is 54.6 Å². The van der Waals surface area contributed by atoms with Gasteiger partial charge < -0.3 is 5.21 Å². The van der Waals surface area contributed by atoms with Crippen molar-refractivity contribution in [1.82, 2.24) is 0 Å². The standard InChI is InChI=1S/C16H12ClNO/c1-11-7-8-13-9-10-14(17)15(16(13)18(11)19)12-5-3-2-4-6-12/h2-10H,1H3. The summed E-state index contributed by atoms with van der Waals surface area (Å²) in [5.74, 6) is 0. The van der Waals surface area contributed by atoms with Crippen LogP contribution in [0.25, 0.3) is 22.0 Å². The Hall–Kier alpha value is -2.06. The molecule has 0 saturated carbocycles. The molecule has 0 aliphatic rings. The second-order valence-corrected chi connectivity index (χ2v) is 4.90. The summed E-state index contributed by atoms with van der Waals surface area (Å²) < 4.78 is 0.948. The second kappa shape index (κ2) is 4.56. The smallest absolute Gasteiger partial charge is 0.233 e. The van der Waals surface area contributed by atoms with Gasteiger partial charge in [-0.15, -0.1) is 0 Å². The average Bonchev–Trinajstić information content (AvgIpc) is 2.44. The Morgan fingerprint density at radius 1 is 0.947 bits per heavy atom. The largest absolute Gasteiger partial charge is 0.618 e. The van der Waals surface area contributed by atoms with Gasteiger partial charge in [-0.1, -0.05) is 41.9 Å². The first kappa shape index (κ1) is 12.0. The third-order valence-electron chi connectivity index (χ3n) is 3.25. The van der Waals surface area contributed by atoms with Gasteiger partial charge in [-0.3, -0.25) is 0 Å². The molecule has 0 aliphatic carbocycles. The van der Waals surface area contributed by atoms with Crippen molar-refractivity contribution in [2.75, 3.05) is 0 Å². The van der Waals surface area contributed by atoms with Crippen molar-refractivity contribution in [3.63, 3.8) is 0 Å². The van der Waals surface area contributed by atoms with Gasteiger partial charge in [0.25, 0.3) is 0 Å². The zero-order chi connectivity index (χ0) is 13.4. The molecule has 0 unspecified atom stereocenters. The van der Waals surface area contributed by atoms with E-state index in [9.17, 15) is 5.21 Å². The van der Waals surface area contributed by atoms with Crippen LogP contribution in [0.3, 0.4) is 0 Å². The molecule has 0 spiro atoms. The molecule has 19 heavy (non-hydrogen) atoms. The zero-order valence-electron chi connectivity index (χ0n) is 10.4. The van der Waals surface area contributed by atoms with Crippen LogP contribution >= 0.6 is 11.6 Å². The summed E-state index contributed by atoms with van der Waals surface area (Å²) in [6, 6.07) is 17.2. The number of halogens is 1. The van der Waals surface area contributed by atoms with Crippen LogP contribution in [-0.2, 0) is 0 Å². The topological polar surface area (TPSA) is 26.9 Å². The summed E-state index contributed by atoms with van der Waals surface area (Å²) in [6.07, 6.45) is 0. The van der Waals surface area contributed by atoms with Gasteiger partial charge in [-0.05, 0) is 23.8 Å². The maximum absolute atomic E-state index is 12.3. The summed E-state index contributed by atoms with van der Waals surface area (Å²) in [5.41, 5.74) is 3.03. The number of aryl methyl sites for hydroxylation is 1. The van der Waals surface area contributed by atoms with Gasteiger partial charge in [0.1, 0.15) is 0 Å². The van der Waals surface area contributed by atoms with E-state index in [1.54, 1.807) is 6.92 Å². The van der Waals surface area contributed by atoms with E-state index in [2.05, 4.69) is 0 Å². The maximum Gasteiger partial charge on any atom is 0.233 e. The summed E-state index contributed by atoms with van der Waals surface area (Å²) in [6.45, 7) is 1.79. The van der Waals surface area contributed by atoms with E-state index in [4.69, 9.17) is 11.6 Å². The minimum Gasteiger partial charge on any atom is -0.618 e. The van der Waals surface area contributed by atoms with Gasteiger partial charge in [0, 0.05) is 18.4 Å². The number of nitrogens with zero attached hydrogens (tertiary/aromatic N) is 1. The second-order valence-electron chi connectivity index (χ2n) is 4.50. The van der Waals surface area contributed by atoms with Crippen molar-refractivity contribution in [1.29, 1.82) is 0 Å². The zero-order valence-corrected chi connectivity index (χ0v) is 11.2. The highest BCUT2D eigenvalue weighted by Crippen LogP contribution is 2.33. The van der Waals surface area contributed by atoms with Crippen molar-refractivity contribution in [2.24, 2.45) is 0 Å². The lowest BCUT2D eigenvalue weighted by Gasteiger charge is -2.10. The first-order valence-corrected chi connectivity index (χ1v) is 6.43. The van der Waals surface area contributed by atoms with Crippen LogP contribution in [0.5, 0.6) is 0 Å². The van der Waals surface area contributed by atoms with E-state index >= 15 is 0 Å². The number of hydrogen-bond donors (Lipinski definition) is 0. The van der Waals surface area contributed by atoms with Gasteiger partial charge in [0.2, 0.25) is 5.52 Å². The first-order chi connectivity index (χ1) is 9.18. The van der Waals surface area contributed by atoms with Gasteiger partial charge in [-0.25, -0.2) is 0 Å². The van der Waals surface area contributed by atoms with Crippen LogP contribution in [0.15, 0.2) is 54.6 Å². The number of fused-ring (bicyclic) bond motifs is 1. The fourth-order valence-electron chi connectivity index (χ4n) is 2.27. The van der Waals surface area contributed by atoms with Crippen molar-refractivity contribution in [3.8, 4) is 11.1 Å². The number of hydrogen-bond acceptors (Lipinski definition) is 1. The van der Waals surface area contributed by atoms with E-state index in [-0.39, 0.29) is 0 Å². The van der Waals surface area contributed by atoms with Crippen molar-refractivity contribution in [2.45, 2.75) is 6.92 Å². The van der Waals surface area contributed by atoms with Gasteiger partial charge in [-0.2, -0.15) is 4.73 Å². The predicted molar refractivity (Wildman–Crippen MR) is 78.1 cm³/mol. The molecule has 0 saturated heterocycles. The Kier molecular flexibility index (Phi) is 2.88. The summed E-state index contributed by atoms with van der Waals surface area (Å²) in [4.78, 5) is 0. The molecule has 0 aliphatic heterocycles. The van der Waals surface area contributed by atoms with E-state index in [1.165, 1.54) is 0 Å². The number of pyridine rings is 1. The highest BCUT2D eigenvalue weighted by atomic mass is 35.5. The summed E-state index contributed by atoms with van der Waals surface area (Å²) in [7, 11) is 0. The molecule has 0 amide bonds. The van der Waals surface area contributed by atoms with Crippen LogP contribution in [0, 0.1) is 12.1 Å². The number of aromatic nitrogens is 1. The molecular formula is C16H12ClNO. The molecule has 2 nitrogen and oxygen atoms in total. The van der Waals surface area contributed by atoms with Crippen LogP contribution < -0.4 is 4.73 Å². The Bertz CT molecular complexity index is 748. The summed E-state index contributed by atoms with van der Waals surface area (Å²) in [5, 5.41) is 13.8. The monoisotopic (exact) mass is 269 g/mol. The predicted octanol–water partition coefficient (Wildman–Crippen LogP) is 4.10. The minimum atomic E-state index is 0.592. The molecule has 3 aromatic rings. The lowest BCUT2D eigenvalue weighted by Crippen LogP contribution is -2.31. The molecule has 1 heterocycles. The van der Waals surface area contributed by atoms with Crippen molar-refractivity contribution < 1.29 is 4.73 Å².